The van der Waals surface area contributed by atoms with Gasteiger partial charge in [0.25, 0.3) is 0 Å². The summed E-state index contributed by atoms with van der Waals surface area (Å²) in [5.41, 5.74) is 0. The van der Waals surface area contributed by atoms with Crippen LogP contribution in [-0.4, -0.2) is 32.0 Å². The van der Waals surface area contributed by atoms with Crippen LogP contribution in [-0.2, 0) is 9.84 Å². The van der Waals surface area contributed by atoms with Crippen molar-refractivity contribution in [2.24, 2.45) is 5.92 Å². The smallest absolute Gasteiger partial charge is 0.154 e. The molecule has 0 radical (unpaired) electrons. The number of nitrogens with one attached hydrogen (secondary N) is 1. The highest BCUT2D eigenvalue weighted by Crippen LogP contribution is 2.18. The van der Waals surface area contributed by atoms with Crippen molar-refractivity contribution in [2.75, 3.05) is 12.3 Å². The summed E-state index contributed by atoms with van der Waals surface area (Å²) in [4.78, 5) is 0. The van der Waals surface area contributed by atoms with Crippen molar-refractivity contribution in [1.82, 2.24) is 5.32 Å². The molecular formula is C13H27NO2S. The molecule has 1 saturated carbocycles. The van der Waals surface area contributed by atoms with Gasteiger partial charge in [0.2, 0.25) is 0 Å². The van der Waals surface area contributed by atoms with E-state index in [1.54, 1.807) is 0 Å². The second-order valence-corrected chi connectivity index (χ2v) is 8.01. The lowest BCUT2D eigenvalue weighted by atomic mass is 10.2. The Morgan fingerprint density at radius 3 is 2.35 bits per heavy atom. The quantitative estimate of drug-likeness (QED) is 0.765. The first-order chi connectivity index (χ1) is 7.95. The van der Waals surface area contributed by atoms with Gasteiger partial charge >= 0.3 is 0 Å². The summed E-state index contributed by atoms with van der Waals surface area (Å²) in [5, 5.41) is 3.15. The van der Waals surface area contributed by atoms with E-state index >= 15 is 0 Å². The normalized spacial score (nSPS) is 21.6. The molecule has 4 heteroatoms. The minimum absolute atomic E-state index is 0.253. The van der Waals surface area contributed by atoms with E-state index in [4.69, 9.17) is 0 Å². The van der Waals surface area contributed by atoms with Crippen molar-refractivity contribution in [3.63, 3.8) is 0 Å². The molecule has 3 nitrogen and oxygen atoms in total. The maximum absolute atomic E-state index is 12.1. The van der Waals surface area contributed by atoms with Gasteiger partial charge in [-0.3, -0.25) is 0 Å². The molecule has 0 aromatic carbocycles. The molecule has 0 aromatic heterocycles. The van der Waals surface area contributed by atoms with E-state index in [-0.39, 0.29) is 11.2 Å². The van der Waals surface area contributed by atoms with Gasteiger partial charge in [-0.2, -0.15) is 0 Å². The first-order valence-corrected chi connectivity index (χ1v) is 8.62. The van der Waals surface area contributed by atoms with E-state index in [1.165, 1.54) is 25.7 Å². The molecule has 0 aliphatic heterocycles. The van der Waals surface area contributed by atoms with Crippen molar-refractivity contribution in [3.05, 3.63) is 0 Å². The molecule has 0 amide bonds. The molecule has 2 atom stereocenters. The third-order valence-corrected chi connectivity index (χ3v) is 6.30. The van der Waals surface area contributed by atoms with Crippen LogP contribution >= 0.6 is 0 Å². The molecule has 1 N–H and O–H groups in total. The van der Waals surface area contributed by atoms with Crippen LogP contribution in [0.4, 0.5) is 0 Å². The summed E-state index contributed by atoms with van der Waals surface area (Å²) in [6.45, 7) is 6.50. The molecule has 0 aromatic rings. The number of hydrogen-bond donors (Lipinski definition) is 1. The van der Waals surface area contributed by atoms with E-state index in [2.05, 4.69) is 5.32 Å². The highest BCUT2D eigenvalue weighted by Gasteiger charge is 2.24. The number of sulfone groups is 1. The summed E-state index contributed by atoms with van der Waals surface area (Å²) in [7, 11) is -2.93. The molecule has 1 rings (SSSR count). The number of rotatable bonds is 7. The van der Waals surface area contributed by atoms with Crippen LogP contribution in [0.1, 0.15) is 52.9 Å². The molecule has 102 valence electrons. The molecule has 0 heterocycles. The highest BCUT2D eigenvalue weighted by molar-refractivity contribution is 7.92. The van der Waals surface area contributed by atoms with Crippen LogP contribution in [0.5, 0.6) is 0 Å². The lowest BCUT2D eigenvalue weighted by Crippen LogP contribution is -2.38. The first-order valence-electron chi connectivity index (χ1n) is 6.90. The summed E-state index contributed by atoms with van der Waals surface area (Å²) in [5.74, 6) is 0.603. The predicted molar refractivity (Wildman–Crippen MR) is 73.0 cm³/mol. The SMILES string of the molecule is CCC(C)CS(=O)(=O)C(C)CNC1CCCC1. The molecular weight excluding hydrogens is 234 g/mol. The van der Waals surface area contributed by atoms with Crippen LogP contribution in [0.2, 0.25) is 0 Å². The lowest BCUT2D eigenvalue weighted by molar-refractivity contribution is 0.507. The Kier molecular flexibility index (Phi) is 5.93. The van der Waals surface area contributed by atoms with Crippen LogP contribution in [0.15, 0.2) is 0 Å². The Hall–Kier alpha value is -0.0900. The predicted octanol–water partition coefficient (Wildman–Crippen LogP) is 2.37. The third kappa shape index (κ3) is 4.96. The van der Waals surface area contributed by atoms with Crippen molar-refractivity contribution >= 4 is 9.84 Å². The minimum atomic E-state index is -2.93. The maximum Gasteiger partial charge on any atom is 0.154 e. The summed E-state index contributed by atoms with van der Waals surface area (Å²) in [6, 6.07) is 0.552. The van der Waals surface area contributed by atoms with Gasteiger partial charge < -0.3 is 5.32 Å². The third-order valence-electron chi connectivity index (χ3n) is 3.88. The van der Waals surface area contributed by atoms with Crippen molar-refractivity contribution in [1.29, 1.82) is 0 Å². The van der Waals surface area contributed by atoms with Gasteiger partial charge in [-0.25, -0.2) is 8.42 Å². The zero-order valence-corrected chi connectivity index (χ0v) is 12.2. The fourth-order valence-corrected chi connectivity index (χ4v) is 3.98. The fraction of sp³-hybridized carbons (Fsp3) is 1.00. The van der Waals surface area contributed by atoms with E-state index in [9.17, 15) is 8.42 Å². The van der Waals surface area contributed by atoms with Gasteiger partial charge in [0.1, 0.15) is 0 Å². The van der Waals surface area contributed by atoms with E-state index in [0.29, 0.717) is 18.3 Å². The average molecular weight is 261 g/mol. The molecule has 1 aliphatic carbocycles. The monoisotopic (exact) mass is 261 g/mol. The number of hydrogen-bond acceptors (Lipinski definition) is 3. The van der Waals surface area contributed by atoms with Gasteiger partial charge in [-0.05, 0) is 25.7 Å². The standard InChI is InChI=1S/C13H27NO2S/c1-4-11(2)10-17(15,16)12(3)9-14-13-7-5-6-8-13/h11-14H,4-10H2,1-3H3. The molecule has 0 saturated heterocycles. The van der Waals surface area contributed by atoms with Gasteiger partial charge in [0.05, 0.1) is 11.0 Å². The Balaban J connectivity index is 2.36. The minimum Gasteiger partial charge on any atom is -0.313 e. The second-order valence-electron chi connectivity index (χ2n) is 5.54. The zero-order chi connectivity index (χ0) is 12.9. The topological polar surface area (TPSA) is 46.2 Å². The van der Waals surface area contributed by atoms with Crippen molar-refractivity contribution in [3.8, 4) is 0 Å². The fourth-order valence-electron chi connectivity index (χ4n) is 2.27. The Morgan fingerprint density at radius 2 is 1.82 bits per heavy atom. The average Bonchev–Trinajstić information content (AvgIpc) is 2.77. The van der Waals surface area contributed by atoms with Gasteiger partial charge in [-0.1, -0.05) is 33.1 Å². The van der Waals surface area contributed by atoms with Crippen molar-refractivity contribution in [2.45, 2.75) is 64.2 Å². The molecule has 17 heavy (non-hydrogen) atoms. The van der Waals surface area contributed by atoms with Crippen LogP contribution in [0.25, 0.3) is 0 Å². The van der Waals surface area contributed by atoms with Crippen LogP contribution in [0.3, 0.4) is 0 Å². The van der Waals surface area contributed by atoms with Gasteiger partial charge in [0, 0.05) is 12.6 Å². The molecule has 0 bridgehead atoms. The van der Waals surface area contributed by atoms with E-state index in [0.717, 1.165) is 6.42 Å². The first kappa shape index (κ1) is 15.0. The van der Waals surface area contributed by atoms with Gasteiger partial charge in [-0.15, -0.1) is 0 Å². The van der Waals surface area contributed by atoms with Gasteiger partial charge in [0.15, 0.2) is 9.84 Å². The van der Waals surface area contributed by atoms with E-state index < -0.39 is 9.84 Å². The summed E-state index contributed by atoms with van der Waals surface area (Å²) in [6.07, 6.45) is 5.91. The summed E-state index contributed by atoms with van der Waals surface area (Å²) >= 11 is 0. The Bertz CT molecular complexity index is 307. The summed E-state index contributed by atoms with van der Waals surface area (Å²) < 4.78 is 24.1. The molecule has 1 aliphatic rings. The Labute approximate surface area is 106 Å². The van der Waals surface area contributed by atoms with Crippen LogP contribution < -0.4 is 5.32 Å². The lowest BCUT2D eigenvalue weighted by Gasteiger charge is -2.19. The van der Waals surface area contributed by atoms with Crippen molar-refractivity contribution < 1.29 is 8.42 Å². The molecule has 0 spiro atoms. The molecule has 1 fully saturated rings. The second kappa shape index (κ2) is 6.74. The maximum atomic E-state index is 12.1. The Morgan fingerprint density at radius 1 is 1.24 bits per heavy atom. The highest BCUT2D eigenvalue weighted by atomic mass is 32.2. The van der Waals surface area contributed by atoms with Crippen LogP contribution in [0, 0.1) is 5.92 Å². The molecule has 2 unspecified atom stereocenters. The zero-order valence-electron chi connectivity index (χ0n) is 11.4. The van der Waals surface area contributed by atoms with E-state index in [1.807, 2.05) is 20.8 Å². The largest absolute Gasteiger partial charge is 0.313 e.